The molecule has 0 saturated carbocycles. The van der Waals surface area contributed by atoms with Crippen molar-refractivity contribution in [1.29, 1.82) is 0 Å². The van der Waals surface area contributed by atoms with E-state index >= 15 is 0 Å². The average Bonchev–Trinajstić information content (AvgIpc) is 3.15. The first-order valence-electron chi connectivity index (χ1n) is 5.61. The molecule has 0 unspecified atom stereocenters. The summed E-state index contributed by atoms with van der Waals surface area (Å²) < 4.78 is 0. The fraction of sp³-hybridized carbons (Fsp3) is 0.0714. The minimum atomic E-state index is -1.06. The first-order valence-corrected chi connectivity index (χ1v) is 8.25. The Kier molecular flexibility index (Phi) is 3.26. The van der Waals surface area contributed by atoms with Crippen LogP contribution in [-0.4, -0.2) is 11.1 Å². The van der Waals surface area contributed by atoms with Crippen LogP contribution in [0.3, 0.4) is 0 Å². The second kappa shape index (κ2) is 4.92. The van der Waals surface area contributed by atoms with Crippen LogP contribution in [0, 0.1) is 0 Å². The van der Waals surface area contributed by atoms with Crippen LogP contribution in [0.15, 0.2) is 52.5 Å². The van der Waals surface area contributed by atoms with E-state index in [0.29, 0.717) is 0 Å². The van der Waals surface area contributed by atoms with E-state index in [1.165, 1.54) is 34.0 Å². The number of thiophene rings is 3. The lowest BCUT2D eigenvalue weighted by atomic mass is 9.83. The van der Waals surface area contributed by atoms with Crippen LogP contribution in [-0.2, 0) is 10.2 Å². The second-order valence-electron chi connectivity index (χ2n) is 3.99. The number of carboxylic acid groups (broad SMARTS) is 1. The Morgan fingerprint density at radius 2 is 1.21 bits per heavy atom. The van der Waals surface area contributed by atoms with Crippen molar-refractivity contribution >= 4 is 40.0 Å². The molecule has 0 aliphatic rings. The van der Waals surface area contributed by atoms with Crippen molar-refractivity contribution in [2.75, 3.05) is 0 Å². The molecule has 1 N–H and O–H groups in total. The Bertz CT molecular complexity index is 568. The highest BCUT2D eigenvalue weighted by atomic mass is 32.1. The summed E-state index contributed by atoms with van der Waals surface area (Å²) in [4.78, 5) is 14.7. The molecule has 2 nitrogen and oxygen atoms in total. The van der Waals surface area contributed by atoms with E-state index in [1.807, 2.05) is 52.5 Å². The molecule has 3 aromatic heterocycles. The predicted octanol–water partition coefficient (Wildman–Crippen LogP) is 4.29. The number of hydrogen-bond acceptors (Lipinski definition) is 4. The van der Waals surface area contributed by atoms with Gasteiger partial charge in [-0.25, -0.2) is 0 Å². The van der Waals surface area contributed by atoms with Gasteiger partial charge in [-0.05, 0) is 34.3 Å². The van der Waals surface area contributed by atoms with Crippen molar-refractivity contribution in [3.8, 4) is 0 Å². The Balaban J connectivity index is 2.34. The molecule has 19 heavy (non-hydrogen) atoms. The maximum atomic E-state index is 12.1. The molecule has 0 aliphatic carbocycles. The Morgan fingerprint density at radius 3 is 1.42 bits per heavy atom. The van der Waals surface area contributed by atoms with E-state index < -0.39 is 11.4 Å². The molecule has 5 heteroatoms. The molecule has 0 spiro atoms. The van der Waals surface area contributed by atoms with Gasteiger partial charge in [0, 0.05) is 14.6 Å². The van der Waals surface area contributed by atoms with Gasteiger partial charge in [0.1, 0.15) is 0 Å². The molecule has 3 rings (SSSR count). The fourth-order valence-electron chi connectivity index (χ4n) is 2.16. The van der Waals surface area contributed by atoms with Gasteiger partial charge >= 0.3 is 5.97 Å². The summed E-state index contributed by atoms with van der Waals surface area (Å²) in [6, 6.07) is 11.4. The standard InChI is InChI=1S/C14H10O2S3/c15-13(16)14(10-4-1-7-17-10,11-5-2-8-18-11)12-6-3-9-19-12/h1-9H,(H,15,16). The fourth-order valence-corrected chi connectivity index (χ4v) is 5.18. The zero-order valence-electron chi connectivity index (χ0n) is 9.78. The molecule has 0 amide bonds. The number of hydrogen-bond donors (Lipinski definition) is 1. The third-order valence-corrected chi connectivity index (χ3v) is 5.96. The molecule has 3 aromatic rings. The van der Waals surface area contributed by atoms with Gasteiger partial charge in [-0.2, -0.15) is 0 Å². The molecular formula is C14H10O2S3. The van der Waals surface area contributed by atoms with Crippen molar-refractivity contribution in [3.05, 3.63) is 67.2 Å². The van der Waals surface area contributed by atoms with Crippen molar-refractivity contribution < 1.29 is 9.90 Å². The summed E-state index contributed by atoms with van der Waals surface area (Å²) >= 11 is 4.46. The van der Waals surface area contributed by atoms with Gasteiger partial charge in [0.15, 0.2) is 5.41 Å². The summed E-state index contributed by atoms with van der Waals surface area (Å²) in [6.07, 6.45) is 0. The Labute approximate surface area is 122 Å². The SMILES string of the molecule is O=C(O)C(c1cccs1)(c1cccs1)c1cccs1. The van der Waals surface area contributed by atoms with Crippen molar-refractivity contribution in [2.24, 2.45) is 0 Å². The van der Waals surface area contributed by atoms with Gasteiger partial charge < -0.3 is 5.11 Å². The zero-order chi connectivity index (χ0) is 13.3. The molecule has 0 radical (unpaired) electrons. The third kappa shape index (κ3) is 1.85. The van der Waals surface area contributed by atoms with E-state index in [9.17, 15) is 9.90 Å². The minimum Gasteiger partial charge on any atom is -0.480 e. The zero-order valence-corrected chi connectivity index (χ0v) is 12.2. The lowest BCUT2D eigenvalue weighted by Crippen LogP contribution is -2.35. The molecule has 96 valence electrons. The van der Waals surface area contributed by atoms with Gasteiger partial charge in [-0.3, -0.25) is 4.79 Å². The molecule has 3 heterocycles. The van der Waals surface area contributed by atoms with E-state index in [2.05, 4.69) is 0 Å². The van der Waals surface area contributed by atoms with E-state index in [-0.39, 0.29) is 0 Å². The molecule has 0 atom stereocenters. The minimum absolute atomic E-state index is 0.820. The van der Waals surface area contributed by atoms with Crippen LogP contribution in [0.1, 0.15) is 14.6 Å². The van der Waals surface area contributed by atoms with E-state index in [4.69, 9.17) is 0 Å². The van der Waals surface area contributed by atoms with Gasteiger partial charge in [0.05, 0.1) is 0 Å². The molecule has 0 aliphatic heterocycles. The van der Waals surface area contributed by atoms with Crippen LogP contribution >= 0.6 is 34.0 Å². The molecule has 0 fully saturated rings. The van der Waals surface area contributed by atoms with Crippen LogP contribution in [0.4, 0.5) is 0 Å². The summed E-state index contributed by atoms with van der Waals surface area (Å²) in [5, 5.41) is 15.7. The summed E-state index contributed by atoms with van der Waals surface area (Å²) in [7, 11) is 0. The van der Waals surface area contributed by atoms with Gasteiger partial charge in [-0.1, -0.05) is 18.2 Å². The number of carbonyl (C=O) groups is 1. The van der Waals surface area contributed by atoms with Crippen molar-refractivity contribution in [2.45, 2.75) is 5.41 Å². The highest BCUT2D eigenvalue weighted by molar-refractivity contribution is 7.14. The van der Waals surface area contributed by atoms with E-state index in [1.54, 1.807) is 0 Å². The highest BCUT2D eigenvalue weighted by Gasteiger charge is 2.46. The first-order chi connectivity index (χ1) is 9.26. The average molecular weight is 306 g/mol. The lowest BCUT2D eigenvalue weighted by molar-refractivity contribution is -0.140. The topological polar surface area (TPSA) is 37.3 Å². The smallest absolute Gasteiger partial charge is 0.325 e. The summed E-state index contributed by atoms with van der Waals surface area (Å²) in [5.41, 5.74) is -1.06. The first kappa shape index (κ1) is 12.6. The number of carboxylic acids is 1. The maximum absolute atomic E-state index is 12.1. The monoisotopic (exact) mass is 306 g/mol. The van der Waals surface area contributed by atoms with Crippen molar-refractivity contribution in [3.63, 3.8) is 0 Å². The van der Waals surface area contributed by atoms with Crippen LogP contribution in [0.25, 0.3) is 0 Å². The lowest BCUT2D eigenvalue weighted by Gasteiger charge is -2.26. The van der Waals surface area contributed by atoms with E-state index in [0.717, 1.165) is 14.6 Å². The number of rotatable bonds is 4. The molecular weight excluding hydrogens is 296 g/mol. The van der Waals surface area contributed by atoms with Crippen LogP contribution < -0.4 is 0 Å². The third-order valence-electron chi connectivity index (χ3n) is 2.99. The summed E-state index contributed by atoms with van der Waals surface area (Å²) in [5.74, 6) is -0.820. The summed E-state index contributed by atoms with van der Waals surface area (Å²) in [6.45, 7) is 0. The predicted molar refractivity (Wildman–Crippen MR) is 80.5 cm³/mol. The van der Waals surface area contributed by atoms with Crippen LogP contribution in [0.2, 0.25) is 0 Å². The molecule has 0 aromatic carbocycles. The maximum Gasteiger partial charge on any atom is 0.325 e. The van der Waals surface area contributed by atoms with Crippen LogP contribution in [0.5, 0.6) is 0 Å². The Hall–Kier alpha value is -1.43. The number of aliphatic carboxylic acids is 1. The Morgan fingerprint density at radius 1 is 0.842 bits per heavy atom. The molecule has 0 saturated heterocycles. The largest absolute Gasteiger partial charge is 0.480 e. The molecule has 0 bridgehead atoms. The van der Waals surface area contributed by atoms with Crippen molar-refractivity contribution in [1.82, 2.24) is 0 Å². The second-order valence-corrected chi connectivity index (χ2v) is 6.83. The quantitative estimate of drug-likeness (QED) is 0.780. The normalized spacial score (nSPS) is 11.6. The van der Waals surface area contributed by atoms with Gasteiger partial charge in [0.25, 0.3) is 0 Å². The van der Waals surface area contributed by atoms with Gasteiger partial charge in [-0.15, -0.1) is 34.0 Å². The van der Waals surface area contributed by atoms with Gasteiger partial charge in [0.2, 0.25) is 0 Å². The highest BCUT2D eigenvalue weighted by Crippen LogP contribution is 2.45.